The second-order valence-electron chi connectivity index (χ2n) is 7.20. The monoisotopic (exact) mass is 377 g/mol. The van der Waals surface area contributed by atoms with E-state index in [0.29, 0.717) is 6.10 Å². The first-order valence-corrected chi connectivity index (χ1v) is 9.72. The van der Waals surface area contributed by atoms with E-state index in [1.165, 1.54) is 6.42 Å². The number of piperazine rings is 1. The highest BCUT2D eigenvalue weighted by atomic mass is 16.5. The molecule has 2 fully saturated rings. The van der Waals surface area contributed by atoms with Crippen LogP contribution in [0.4, 0.5) is 4.79 Å². The van der Waals surface area contributed by atoms with Gasteiger partial charge in [0.1, 0.15) is 11.5 Å². The van der Waals surface area contributed by atoms with Crippen LogP contribution in [0.2, 0.25) is 0 Å². The van der Waals surface area contributed by atoms with Gasteiger partial charge in [-0.3, -0.25) is 4.90 Å². The number of amides is 2. The highest BCUT2D eigenvalue weighted by molar-refractivity contribution is 5.75. The van der Waals surface area contributed by atoms with Crippen molar-refractivity contribution in [2.45, 2.75) is 31.9 Å². The Morgan fingerprint density at radius 2 is 2.04 bits per heavy atom. The van der Waals surface area contributed by atoms with Gasteiger partial charge in [0, 0.05) is 44.9 Å². The van der Waals surface area contributed by atoms with E-state index in [-0.39, 0.29) is 12.1 Å². The molecule has 0 aliphatic carbocycles. The van der Waals surface area contributed by atoms with Crippen molar-refractivity contribution in [1.29, 1.82) is 0 Å². The summed E-state index contributed by atoms with van der Waals surface area (Å²) in [5, 5.41) is 3.09. The smallest absolute Gasteiger partial charge is 0.317 e. The number of nitrogens with zero attached hydrogens (tertiary/aromatic N) is 2. The summed E-state index contributed by atoms with van der Waals surface area (Å²) < 4.78 is 16.4. The highest BCUT2D eigenvalue weighted by Gasteiger charge is 2.26. The molecule has 2 heterocycles. The Balaban J connectivity index is 1.51. The Hall–Kier alpha value is -1.99. The third-order valence-electron chi connectivity index (χ3n) is 5.39. The van der Waals surface area contributed by atoms with Gasteiger partial charge in [-0.15, -0.1) is 0 Å². The zero-order valence-corrected chi connectivity index (χ0v) is 16.6. The molecule has 1 N–H and O–H groups in total. The third-order valence-corrected chi connectivity index (χ3v) is 5.39. The maximum absolute atomic E-state index is 12.7. The number of carbonyl (C=O) groups excluding carboxylic acids is 1. The van der Waals surface area contributed by atoms with Gasteiger partial charge in [0.25, 0.3) is 0 Å². The summed E-state index contributed by atoms with van der Waals surface area (Å²) in [6.07, 6.45) is 2.69. The number of nitrogens with one attached hydrogen (secondary N) is 1. The van der Waals surface area contributed by atoms with Crippen molar-refractivity contribution in [2.75, 3.05) is 53.6 Å². The van der Waals surface area contributed by atoms with Crippen LogP contribution in [0.3, 0.4) is 0 Å². The molecule has 1 aromatic rings. The van der Waals surface area contributed by atoms with Gasteiger partial charge < -0.3 is 24.4 Å². The van der Waals surface area contributed by atoms with Gasteiger partial charge in [-0.05, 0) is 38.0 Å². The van der Waals surface area contributed by atoms with E-state index < -0.39 is 0 Å². The molecule has 2 saturated heterocycles. The number of ether oxygens (including phenoxy) is 3. The Kier molecular flexibility index (Phi) is 6.79. The van der Waals surface area contributed by atoms with Crippen molar-refractivity contribution in [3.05, 3.63) is 23.8 Å². The van der Waals surface area contributed by atoms with E-state index in [9.17, 15) is 4.79 Å². The molecule has 27 heavy (non-hydrogen) atoms. The van der Waals surface area contributed by atoms with Crippen molar-refractivity contribution in [3.8, 4) is 11.5 Å². The van der Waals surface area contributed by atoms with Crippen LogP contribution in [0.25, 0.3) is 0 Å². The lowest BCUT2D eigenvalue weighted by molar-refractivity contribution is 0.0559. The third kappa shape index (κ3) is 5.05. The van der Waals surface area contributed by atoms with Crippen molar-refractivity contribution in [3.63, 3.8) is 0 Å². The van der Waals surface area contributed by atoms with E-state index in [4.69, 9.17) is 14.2 Å². The lowest BCUT2D eigenvalue weighted by Crippen LogP contribution is -2.53. The molecule has 2 amide bonds. The maximum Gasteiger partial charge on any atom is 0.317 e. The molecule has 1 aromatic carbocycles. The van der Waals surface area contributed by atoms with Crippen LogP contribution in [0.1, 0.15) is 31.4 Å². The van der Waals surface area contributed by atoms with Crippen LogP contribution in [-0.4, -0.2) is 75.5 Å². The van der Waals surface area contributed by atoms with Crippen LogP contribution in [0.5, 0.6) is 11.5 Å². The molecule has 2 aliphatic rings. The summed E-state index contributed by atoms with van der Waals surface area (Å²) in [6.45, 7) is 7.09. The predicted octanol–water partition coefficient (Wildman–Crippen LogP) is 2.27. The normalized spacial score (nSPS) is 21.7. The fourth-order valence-electron chi connectivity index (χ4n) is 3.74. The minimum Gasteiger partial charge on any atom is -0.497 e. The maximum atomic E-state index is 12.7. The Bertz CT molecular complexity index is 626. The summed E-state index contributed by atoms with van der Waals surface area (Å²) in [7, 11) is 3.26. The molecule has 7 heteroatoms. The molecule has 0 radical (unpaired) electrons. The van der Waals surface area contributed by atoms with E-state index in [1.807, 2.05) is 30.0 Å². The molecule has 150 valence electrons. The zero-order valence-electron chi connectivity index (χ0n) is 16.6. The standard InChI is InChI=1S/C20H31N3O4/c1-15(18-13-16(25-2)6-7-19(18)26-3)21-20(24)23-10-8-22(9-11-23)14-17-5-4-12-27-17/h6-7,13,15,17H,4-5,8-12,14H2,1-3H3,(H,21,24). The van der Waals surface area contributed by atoms with Gasteiger partial charge in [0.05, 0.1) is 26.4 Å². The van der Waals surface area contributed by atoms with Crippen LogP contribution in [-0.2, 0) is 4.74 Å². The topological polar surface area (TPSA) is 63.3 Å². The number of hydrogen-bond donors (Lipinski definition) is 1. The predicted molar refractivity (Wildman–Crippen MR) is 103 cm³/mol. The molecule has 2 unspecified atom stereocenters. The lowest BCUT2D eigenvalue weighted by atomic mass is 10.1. The molecule has 0 bridgehead atoms. The highest BCUT2D eigenvalue weighted by Crippen LogP contribution is 2.29. The van der Waals surface area contributed by atoms with Gasteiger partial charge in [-0.2, -0.15) is 0 Å². The molecule has 0 aromatic heterocycles. The fourth-order valence-corrected chi connectivity index (χ4v) is 3.74. The molecule has 0 saturated carbocycles. The van der Waals surface area contributed by atoms with E-state index >= 15 is 0 Å². The molecular weight excluding hydrogens is 346 g/mol. The second-order valence-corrected chi connectivity index (χ2v) is 7.20. The van der Waals surface area contributed by atoms with Crippen molar-refractivity contribution in [2.24, 2.45) is 0 Å². The molecule has 2 atom stereocenters. The van der Waals surface area contributed by atoms with Crippen LogP contribution in [0.15, 0.2) is 18.2 Å². The number of methoxy groups -OCH3 is 2. The molecule has 2 aliphatic heterocycles. The van der Waals surface area contributed by atoms with Gasteiger partial charge in [-0.25, -0.2) is 4.79 Å². The second kappa shape index (κ2) is 9.28. The quantitative estimate of drug-likeness (QED) is 0.824. The van der Waals surface area contributed by atoms with Gasteiger partial charge in [0.15, 0.2) is 0 Å². The molecule has 7 nitrogen and oxygen atoms in total. The first-order valence-electron chi connectivity index (χ1n) is 9.72. The number of rotatable bonds is 6. The van der Waals surface area contributed by atoms with Gasteiger partial charge in [0.2, 0.25) is 0 Å². The minimum absolute atomic E-state index is 0.0378. The van der Waals surface area contributed by atoms with Crippen LogP contribution >= 0.6 is 0 Å². The Morgan fingerprint density at radius 1 is 1.26 bits per heavy atom. The number of hydrogen-bond acceptors (Lipinski definition) is 5. The summed E-state index contributed by atoms with van der Waals surface area (Å²) in [5.41, 5.74) is 0.905. The van der Waals surface area contributed by atoms with Crippen molar-refractivity contribution in [1.82, 2.24) is 15.1 Å². The van der Waals surface area contributed by atoms with Crippen molar-refractivity contribution >= 4 is 6.03 Å². The summed E-state index contributed by atoms with van der Waals surface area (Å²) in [5.74, 6) is 1.49. The van der Waals surface area contributed by atoms with Gasteiger partial charge >= 0.3 is 6.03 Å². The molecular formula is C20H31N3O4. The van der Waals surface area contributed by atoms with Gasteiger partial charge in [-0.1, -0.05) is 0 Å². The summed E-state index contributed by atoms with van der Waals surface area (Å²) in [6, 6.07) is 5.41. The van der Waals surface area contributed by atoms with E-state index in [2.05, 4.69) is 10.2 Å². The summed E-state index contributed by atoms with van der Waals surface area (Å²) in [4.78, 5) is 17.0. The van der Waals surface area contributed by atoms with E-state index in [0.717, 1.165) is 62.8 Å². The number of benzene rings is 1. The largest absolute Gasteiger partial charge is 0.497 e. The number of urea groups is 1. The average molecular weight is 377 g/mol. The number of carbonyl (C=O) groups is 1. The first-order chi connectivity index (χ1) is 13.1. The Labute approximate surface area is 161 Å². The average Bonchev–Trinajstić information content (AvgIpc) is 3.21. The summed E-state index contributed by atoms with van der Waals surface area (Å²) >= 11 is 0. The minimum atomic E-state index is -0.174. The van der Waals surface area contributed by atoms with Crippen LogP contribution < -0.4 is 14.8 Å². The Morgan fingerprint density at radius 3 is 2.67 bits per heavy atom. The zero-order chi connectivity index (χ0) is 19.2. The van der Waals surface area contributed by atoms with Crippen LogP contribution in [0, 0.1) is 0 Å². The van der Waals surface area contributed by atoms with Crippen molar-refractivity contribution < 1.29 is 19.0 Å². The molecule has 0 spiro atoms. The SMILES string of the molecule is COc1ccc(OC)c(C(C)NC(=O)N2CCN(CC3CCCO3)CC2)c1. The fraction of sp³-hybridized carbons (Fsp3) is 0.650. The lowest BCUT2D eigenvalue weighted by Gasteiger charge is -2.36. The first kappa shape index (κ1) is 19.8. The van der Waals surface area contributed by atoms with E-state index in [1.54, 1.807) is 14.2 Å². The molecule has 3 rings (SSSR count).